The minimum atomic E-state index is 0.0675. The lowest BCUT2D eigenvalue weighted by atomic mass is 9.90. The van der Waals surface area contributed by atoms with Gasteiger partial charge in [-0.05, 0) is 74.0 Å². The van der Waals surface area contributed by atoms with E-state index in [1.165, 1.54) is 28.4 Å². The van der Waals surface area contributed by atoms with Crippen LogP contribution in [0.5, 0.6) is 5.75 Å². The Morgan fingerprint density at radius 1 is 1.06 bits per heavy atom. The zero-order chi connectivity index (χ0) is 21.6. The van der Waals surface area contributed by atoms with E-state index in [1.54, 1.807) is 7.11 Å². The number of nitrogens with one attached hydrogen (secondary N) is 1. The first kappa shape index (κ1) is 22.2. The Morgan fingerprint density at radius 3 is 2.55 bits per heavy atom. The van der Waals surface area contributed by atoms with Crippen LogP contribution in [0.1, 0.15) is 30.4 Å². The number of carbonyl (C=O) groups is 1. The normalized spacial score (nSPS) is 20.5. The lowest BCUT2D eigenvalue weighted by Gasteiger charge is -2.38. The lowest BCUT2D eigenvalue weighted by molar-refractivity contribution is 0.136. The summed E-state index contributed by atoms with van der Waals surface area (Å²) in [6.07, 6.45) is 4.49. The first-order valence-corrected chi connectivity index (χ1v) is 12.0. The average Bonchev–Trinajstić information content (AvgIpc) is 2.79. The number of nitrogens with zero attached hydrogens (tertiary/aromatic N) is 2. The Labute approximate surface area is 193 Å². The lowest BCUT2D eigenvalue weighted by Crippen LogP contribution is -2.55. The predicted octanol–water partition coefficient (Wildman–Crippen LogP) is 4.70. The second kappa shape index (κ2) is 10.5. The van der Waals surface area contributed by atoms with Crippen molar-refractivity contribution < 1.29 is 9.53 Å². The van der Waals surface area contributed by atoms with Crippen LogP contribution in [0.2, 0.25) is 0 Å². The van der Waals surface area contributed by atoms with Gasteiger partial charge in [-0.25, -0.2) is 4.79 Å². The molecule has 2 saturated heterocycles. The van der Waals surface area contributed by atoms with E-state index >= 15 is 0 Å². The van der Waals surface area contributed by atoms with Gasteiger partial charge in [-0.1, -0.05) is 46.3 Å². The average molecular weight is 486 g/mol. The van der Waals surface area contributed by atoms with E-state index in [-0.39, 0.29) is 12.1 Å². The van der Waals surface area contributed by atoms with Crippen LogP contribution >= 0.6 is 15.9 Å². The molecule has 0 radical (unpaired) electrons. The first-order valence-electron chi connectivity index (χ1n) is 11.2. The maximum atomic E-state index is 12.6. The van der Waals surface area contributed by atoms with E-state index in [9.17, 15) is 4.79 Å². The summed E-state index contributed by atoms with van der Waals surface area (Å²) in [6.45, 7) is 4.68. The maximum Gasteiger partial charge on any atom is 0.317 e. The van der Waals surface area contributed by atoms with Crippen molar-refractivity contribution in [3.63, 3.8) is 0 Å². The Kier molecular flexibility index (Phi) is 7.51. The molecule has 2 aromatic rings. The SMILES string of the molecule is COc1ccc(Br)c(CC2CCN(CC3CCN(Cc4ccccc4)C(=O)N3)CC2)c1. The number of likely N-dealkylation sites (tertiary alicyclic amines) is 1. The zero-order valence-corrected chi connectivity index (χ0v) is 19.8. The summed E-state index contributed by atoms with van der Waals surface area (Å²) in [4.78, 5) is 17.0. The van der Waals surface area contributed by atoms with Gasteiger partial charge >= 0.3 is 6.03 Å². The van der Waals surface area contributed by atoms with Gasteiger partial charge in [0.15, 0.2) is 0 Å². The van der Waals surface area contributed by atoms with Crippen LogP contribution in [-0.4, -0.2) is 55.2 Å². The fraction of sp³-hybridized carbons (Fsp3) is 0.480. The third-order valence-electron chi connectivity index (χ3n) is 6.53. The highest BCUT2D eigenvalue weighted by molar-refractivity contribution is 9.10. The van der Waals surface area contributed by atoms with Crippen molar-refractivity contribution in [3.05, 3.63) is 64.1 Å². The molecule has 31 heavy (non-hydrogen) atoms. The third kappa shape index (κ3) is 6.01. The van der Waals surface area contributed by atoms with Gasteiger partial charge in [0.1, 0.15) is 5.75 Å². The van der Waals surface area contributed by atoms with Crippen molar-refractivity contribution in [1.29, 1.82) is 0 Å². The van der Waals surface area contributed by atoms with Crippen LogP contribution in [0.4, 0.5) is 4.79 Å². The van der Waals surface area contributed by atoms with E-state index < -0.39 is 0 Å². The summed E-state index contributed by atoms with van der Waals surface area (Å²) in [5.41, 5.74) is 2.51. The molecule has 2 aliphatic rings. The molecule has 0 bridgehead atoms. The van der Waals surface area contributed by atoms with Crippen LogP contribution in [0, 0.1) is 5.92 Å². The van der Waals surface area contributed by atoms with Gasteiger partial charge < -0.3 is 19.9 Å². The molecule has 2 aliphatic heterocycles. The molecule has 2 aromatic carbocycles. The van der Waals surface area contributed by atoms with E-state index in [4.69, 9.17) is 4.74 Å². The Hall–Kier alpha value is -2.05. The number of rotatable bonds is 7. The molecule has 6 heteroatoms. The van der Waals surface area contributed by atoms with Gasteiger partial charge in [0.2, 0.25) is 0 Å². The number of amides is 2. The van der Waals surface area contributed by atoms with Crippen molar-refractivity contribution >= 4 is 22.0 Å². The maximum absolute atomic E-state index is 12.6. The second-order valence-corrected chi connectivity index (χ2v) is 9.60. The third-order valence-corrected chi connectivity index (χ3v) is 7.30. The fourth-order valence-electron chi connectivity index (χ4n) is 4.67. The molecule has 0 saturated carbocycles. The molecule has 0 aliphatic carbocycles. The molecule has 0 spiro atoms. The van der Waals surface area contributed by atoms with E-state index in [1.807, 2.05) is 29.2 Å². The summed E-state index contributed by atoms with van der Waals surface area (Å²) in [5.74, 6) is 1.62. The predicted molar refractivity (Wildman–Crippen MR) is 127 cm³/mol. The molecule has 166 valence electrons. The highest BCUT2D eigenvalue weighted by Gasteiger charge is 2.28. The quantitative estimate of drug-likeness (QED) is 0.618. The number of piperidine rings is 1. The summed E-state index contributed by atoms with van der Waals surface area (Å²) in [7, 11) is 1.72. The van der Waals surface area contributed by atoms with Gasteiger partial charge in [-0.2, -0.15) is 0 Å². The molecule has 2 amide bonds. The molecule has 5 nitrogen and oxygen atoms in total. The number of hydrogen-bond donors (Lipinski definition) is 1. The highest BCUT2D eigenvalue weighted by Crippen LogP contribution is 2.29. The van der Waals surface area contributed by atoms with Gasteiger partial charge in [-0.3, -0.25) is 0 Å². The topological polar surface area (TPSA) is 44.8 Å². The van der Waals surface area contributed by atoms with E-state index in [0.717, 1.165) is 44.8 Å². The van der Waals surface area contributed by atoms with Crippen molar-refractivity contribution in [2.24, 2.45) is 5.92 Å². The van der Waals surface area contributed by atoms with Gasteiger partial charge in [0, 0.05) is 30.1 Å². The van der Waals surface area contributed by atoms with Crippen LogP contribution in [-0.2, 0) is 13.0 Å². The minimum Gasteiger partial charge on any atom is -0.497 e. The molecule has 1 N–H and O–H groups in total. The fourth-order valence-corrected chi connectivity index (χ4v) is 5.08. The molecule has 1 atom stereocenters. The standard InChI is InChI=1S/C25H32BrN3O2/c1-31-23-7-8-24(26)21(16-23)15-19-9-12-28(13-10-19)18-22-11-14-29(25(30)27-22)17-20-5-3-2-4-6-20/h2-8,16,19,22H,9-15,17-18H2,1H3,(H,27,30). The summed E-state index contributed by atoms with van der Waals surface area (Å²) in [6, 6.07) is 16.8. The number of urea groups is 1. The molecule has 4 rings (SSSR count). The monoisotopic (exact) mass is 485 g/mol. The Bertz CT molecular complexity index is 868. The number of hydrogen-bond acceptors (Lipinski definition) is 3. The molecule has 2 heterocycles. The molecule has 2 fully saturated rings. The van der Waals surface area contributed by atoms with Crippen LogP contribution in [0.3, 0.4) is 0 Å². The Morgan fingerprint density at radius 2 is 1.84 bits per heavy atom. The van der Waals surface area contributed by atoms with Crippen molar-refractivity contribution in [3.8, 4) is 5.75 Å². The van der Waals surface area contributed by atoms with Gasteiger partial charge in [0.25, 0.3) is 0 Å². The van der Waals surface area contributed by atoms with Crippen molar-refractivity contribution in [1.82, 2.24) is 15.1 Å². The number of benzene rings is 2. The van der Waals surface area contributed by atoms with Crippen LogP contribution in [0.25, 0.3) is 0 Å². The van der Waals surface area contributed by atoms with Crippen molar-refractivity contribution in [2.45, 2.75) is 38.3 Å². The summed E-state index contributed by atoms with van der Waals surface area (Å²) < 4.78 is 6.55. The molecular formula is C25H32BrN3O2. The minimum absolute atomic E-state index is 0.0675. The second-order valence-electron chi connectivity index (χ2n) is 8.75. The van der Waals surface area contributed by atoms with Crippen LogP contribution in [0.15, 0.2) is 53.0 Å². The molecular weight excluding hydrogens is 454 g/mol. The molecule has 1 unspecified atom stereocenters. The van der Waals surface area contributed by atoms with E-state index in [2.05, 4.69) is 50.4 Å². The van der Waals surface area contributed by atoms with Gasteiger partial charge in [0.05, 0.1) is 7.11 Å². The van der Waals surface area contributed by atoms with E-state index in [0.29, 0.717) is 12.5 Å². The number of carbonyl (C=O) groups excluding carboxylic acids is 1. The summed E-state index contributed by atoms with van der Waals surface area (Å²) in [5, 5.41) is 3.23. The largest absolute Gasteiger partial charge is 0.497 e. The highest BCUT2D eigenvalue weighted by atomic mass is 79.9. The molecule has 0 aromatic heterocycles. The zero-order valence-electron chi connectivity index (χ0n) is 18.2. The summed E-state index contributed by atoms with van der Waals surface area (Å²) >= 11 is 3.69. The van der Waals surface area contributed by atoms with Crippen molar-refractivity contribution in [2.75, 3.05) is 33.3 Å². The van der Waals surface area contributed by atoms with Gasteiger partial charge in [-0.15, -0.1) is 0 Å². The number of methoxy groups -OCH3 is 1. The number of halogens is 1. The van der Waals surface area contributed by atoms with Crippen LogP contribution < -0.4 is 10.1 Å². The smallest absolute Gasteiger partial charge is 0.317 e. The first-order chi connectivity index (χ1) is 15.1. The Balaban J connectivity index is 1.21. The number of ether oxygens (including phenoxy) is 1.